The molecule has 0 radical (unpaired) electrons. The van der Waals surface area contributed by atoms with Gasteiger partial charge >= 0.3 is 0 Å². The first kappa shape index (κ1) is 19.9. The molecule has 0 aromatic heterocycles. The van der Waals surface area contributed by atoms with Crippen LogP contribution in [-0.4, -0.2) is 18.2 Å². The fourth-order valence-corrected chi connectivity index (χ4v) is 9.60. The van der Waals surface area contributed by atoms with Crippen LogP contribution in [0.15, 0.2) is 0 Å². The number of halogens is 1. The summed E-state index contributed by atoms with van der Waals surface area (Å²) >= 11 is 3.66. The van der Waals surface area contributed by atoms with E-state index < -0.39 is 0 Å². The molecule has 4 fully saturated rings. The van der Waals surface area contributed by atoms with Gasteiger partial charge in [-0.05, 0) is 6.42 Å². The number of unbranched alkanes of at least 4 members (excludes halogenated alkanes) is 2. The summed E-state index contributed by atoms with van der Waals surface area (Å²) in [6.07, 6.45) is 24.7. The SMILES string of the molecule is C[B-]1(C(CCCCCBr)B2C3CCCC2CCC3)C2CCCC1CCC2. The molecule has 0 aromatic carbocycles. The fourth-order valence-electron chi connectivity index (χ4n) is 9.20. The third-order valence-electron chi connectivity index (χ3n) is 10.3. The summed E-state index contributed by atoms with van der Waals surface area (Å²) < 4.78 is 0. The predicted octanol–water partition coefficient (Wildman–Crippen LogP) is 8.64. The number of alkyl halides is 1. The average molecular weight is 420 g/mol. The molecule has 4 bridgehead atoms. The highest BCUT2D eigenvalue weighted by Gasteiger charge is 2.51. The van der Waals surface area contributed by atoms with Crippen molar-refractivity contribution in [3.05, 3.63) is 0 Å². The van der Waals surface area contributed by atoms with Gasteiger partial charge in [0.15, 0.2) is 0 Å². The standard InChI is InChI=1S/C23H42B2Br/c1-25(21-13-7-14-22(25)16-8-15-21)23(17-3-2-4-18-26)24-19-9-5-10-20(24)12-6-11-19/h19-23H,2-18H2,1H3/q-1. The quantitative estimate of drug-likeness (QED) is 0.220. The van der Waals surface area contributed by atoms with E-state index in [0.29, 0.717) is 0 Å². The zero-order chi connectivity index (χ0) is 18.0. The second kappa shape index (κ2) is 8.96. The van der Waals surface area contributed by atoms with Gasteiger partial charge in [0, 0.05) is 11.5 Å². The summed E-state index contributed by atoms with van der Waals surface area (Å²) in [4.78, 5) is 0. The Balaban J connectivity index is 1.59. The van der Waals surface area contributed by atoms with Crippen molar-refractivity contribution in [2.45, 2.75) is 139 Å². The highest BCUT2D eigenvalue weighted by atomic mass is 79.9. The Kier molecular flexibility index (Phi) is 6.86. The Morgan fingerprint density at radius 2 is 1.27 bits per heavy atom. The van der Waals surface area contributed by atoms with Crippen LogP contribution in [-0.2, 0) is 0 Å². The van der Waals surface area contributed by atoms with Crippen LogP contribution in [0.25, 0.3) is 0 Å². The van der Waals surface area contributed by atoms with E-state index in [1.807, 2.05) is 0 Å². The minimum atomic E-state index is -0.129. The number of fused-ring (bicyclic) bond motifs is 4. The molecule has 1 unspecified atom stereocenters. The van der Waals surface area contributed by atoms with Crippen molar-refractivity contribution < 1.29 is 0 Å². The van der Waals surface area contributed by atoms with Crippen molar-refractivity contribution in [2.75, 3.05) is 5.33 Å². The number of hydrogen-bond acceptors (Lipinski definition) is 0. The van der Waals surface area contributed by atoms with Crippen LogP contribution in [0.2, 0.25) is 35.8 Å². The second-order valence-electron chi connectivity index (χ2n) is 11.1. The third-order valence-corrected chi connectivity index (χ3v) is 10.9. The van der Waals surface area contributed by atoms with Gasteiger partial charge in [0.2, 0.25) is 0 Å². The lowest BCUT2D eigenvalue weighted by molar-refractivity contribution is 0.411. The fraction of sp³-hybridized carbons (Fsp3) is 1.00. The van der Waals surface area contributed by atoms with E-state index in [1.54, 1.807) is 83.5 Å². The summed E-state index contributed by atoms with van der Waals surface area (Å²) in [5.41, 5.74) is 1.12. The van der Waals surface area contributed by atoms with Gasteiger partial charge in [0.25, 0.3) is 0 Å². The first-order valence-corrected chi connectivity index (χ1v) is 13.6. The Hall–Kier alpha value is 0.610. The van der Waals surface area contributed by atoms with E-state index in [2.05, 4.69) is 22.8 Å². The van der Waals surface area contributed by atoms with Gasteiger partial charge in [0.1, 0.15) is 6.71 Å². The van der Waals surface area contributed by atoms with Gasteiger partial charge in [-0.1, -0.05) is 124 Å². The van der Waals surface area contributed by atoms with E-state index in [0.717, 1.165) is 35.7 Å². The monoisotopic (exact) mass is 419 g/mol. The summed E-state index contributed by atoms with van der Waals surface area (Å²) in [7, 11) is 0. The Morgan fingerprint density at radius 3 is 1.77 bits per heavy atom. The van der Waals surface area contributed by atoms with E-state index in [-0.39, 0.29) is 6.15 Å². The van der Waals surface area contributed by atoms with E-state index >= 15 is 0 Å². The topological polar surface area (TPSA) is 0 Å². The number of rotatable bonds is 7. The van der Waals surface area contributed by atoms with Crippen LogP contribution in [0.4, 0.5) is 0 Å². The first-order chi connectivity index (χ1) is 12.7. The minimum Gasteiger partial charge on any atom is -0.190 e. The van der Waals surface area contributed by atoms with Crippen LogP contribution in [0.1, 0.15) is 103 Å². The summed E-state index contributed by atoms with van der Waals surface area (Å²) in [6, 6.07) is 0. The molecular weight excluding hydrogens is 378 g/mol. The smallest absolute Gasteiger partial charge is 0.114 e. The third kappa shape index (κ3) is 3.73. The zero-order valence-corrected chi connectivity index (χ0v) is 19.0. The normalized spacial score (nSPS) is 41.1. The Labute approximate surface area is 172 Å². The number of hydrogen-bond donors (Lipinski definition) is 0. The maximum atomic E-state index is 3.66. The minimum absolute atomic E-state index is 0.129. The van der Waals surface area contributed by atoms with Gasteiger partial charge in [-0.15, -0.1) is 0 Å². The maximum absolute atomic E-state index is 3.66. The van der Waals surface area contributed by atoms with Crippen molar-refractivity contribution in [1.82, 2.24) is 0 Å². The van der Waals surface area contributed by atoms with Crippen molar-refractivity contribution in [2.24, 2.45) is 0 Å². The van der Waals surface area contributed by atoms with Gasteiger partial charge in [0.05, 0.1) is 0 Å². The molecule has 0 aliphatic carbocycles. The lowest BCUT2D eigenvalue weighted by atomic mass is 8.96. The molecule has 0 aromatic rings. The molecule has 0 saturated carbocycles. The molecule has 4 rings (SSSR count). The van der Waals surface area contributed by atoms with Crippen LogP contribution in [0.3, 0.4) is 0 Å². The lowest BCUT2D eigenvalue weighted by Gasteiger charge is -2.65. The molecule has 26 heavy (non-hydrogen) atoms. The largest absolute Gasteiger partial charge is 0.190 e. The van der Waals surface area contributed by atoms with Crippen LogP contribution in [0, 0.1) is 0 Å². The molecule has 0 spiro atoms. The molecule has 0 amide bonds. The van der Waals surface area contributed by atoms with Crippen molar-refractivity contribution in [1.29, 1.82) is 0 Å². The van der Waals surface area contributed by atoms with Crippen molar-refractivity contribution in [3.8, 4) is 0 Å². The van der Waals surface area contributed by atoms with Gasteiger partial charge in [-0.2, -0.15) is 24.2 Å². The molecule has 148 valence electrons. The highest BCUT2D eigenvalue weighted by molar-refractivity contribution is 9.09. The molecule has 4 aliphatic heterocycles. The van der Waals surface area contributed by atoms with Gasteiger partial charge in [-0.25, -0.2) is 0 Å². The predicted molar refractivity (Wildman–Crippen MR) is 124 cm³/mol. The molecule has 4 heterocycles. The Bertz CT molecular complexity index is 409. The van der Waals surface area contributed by atoms with E-state index in [4.69, 9.17) is 0 Å². The maximum Gasteiger partial charge on any atom is 0.114 e. The lowest BCUT2D eigenvalue weighted by Crippen LogP contribution is -2.57. The molecule has 3 heteroatoms. The van der Waals surface area contributed by atoms with Gasteiger partial charge in [-0.3, -0.25) is 0 Å². The Morgan fingerprint density at radius 1 is 0.769 bits per heavy atom. The summed E-state index contributed by atoms with van der Waals surface area (Å²) in [5, 5.41) is 1.21. The molecule has 0 nitrogen and oxygen atoms in total. The average Bonchev–Trinajstić information content (AvgIpc) is 2.61. The van der Waals surface area contributed by atoms with Gasteiger partial charge < -0.3 is 0 Å². The second-order valence-corrected chi connectivity index (χ2v) is 11.9. The van der Waals surface area contributed by atoms with E-state index in [1.165, 1.54) is 24.6 Å². The molecule has 4 aliphatic rings. The van der Waals surface area contributed by atoms with Crippen LogP contribution in [0.5, 0.6) is 0 Å². The molecule has 4 saturated heterocycles. The first-order valence-electron chi connectivity index (χ1n) is 12.5. The van der Waals surface area contributed by atoms with Crippen molar-refractivity contribution in [3.63, 3.8) is 0 Å². The summed E-state index contributed by atoms with van der Waals surface area (Å²) in [5.74, 6) is 4.49. The molecule has 0 N–H and O–H groups in total. The van der Waals surface area contributed by atoms with Crippen LogP contribution < -0.4 is 0 Å². The highest BCUT2D eigenvalue weighted by Crippen LogP contribution is 2.63. The molecular formula is C23H42B2Br-. The molecule has 1 atom stereocenters. The summed E-state index contributed by atoms with van der Waals surface area (Å²) in [6.45, 7) is 4.01. The van der Waals surface area contributed by atoms with E-state index in [9.17, 15) is 0 Å². The zero-order valence-electron chi connectivity index (χ0n) is 17.4. The van der Waals surface area contributed by atoms with Crippen LogP contribution >= 0.6 is 15.9 Å². The van der Waals surface area contributed by atoms with Crippen molar-refractivity contribution >= 4 is 28.8 Å².